The second-order valence-electron chi connectivity index (χ2n) is 5.97. The first-order valence-corrected chi connectivity index (χ1v) is 9.27. The number of amides is 1. The fourth-order valence-corrected chi connectivity index (χ4v) is 3.89. The lowest BCUT2D eigenvalue weighted by atomic mass is 10.1. The van der Waals surface area contributed by atoms with Crippen LogP contribution in [-0.2, 0) is 16.1 Å². The Morgan fingerprint density at radius 3 is 2.62 bits per heavy atom. The summed E-state index contributed by atoms with van der Waals surface area (Å²) in [5.41, 5.74) is 0.690. The Labute approximate surface area is 170 Å². The number of nitrogens with zero attached hydrogens (tertiary/aromatic N) is 2. The SMILES string of the molecule is COCc1nc(OC)c2c(C)c(C(=O)Nc3cccc(C(=O)OC)c3O)sc2n1. The summed E-state index contributed by atoms with van der Waals surface area (Å²) in [6.07, 6.45) is 0. The number of carbonyl (C=O) groups is 2. The third kappa shape index (κ3) is 3.84. The summed E-state index contributed by atoms with van der Waals surface area (Å²) in [5.74, 6) is -0.745. The van der Waals surface area contributed by atoms with Crippen molar-refractivity contribution < 1.29 is 28.9 Å². The number of phenols is 1. The standard InChI is InChI=1S/C19H19N3O6S/c1-9-13-17(27-3)21-12(8-26-2)22-18(13)29-15(9)16(24)20-11-7-5-6-10(14(11)23)19(25)28-4/h5-7,23H,8H2,1-4H3,(H,20,24). The minimum Gasteiger partial charge on any atom is -0.505 e. The van der Waals surface area contributed by atoms with Gasteiger partial charge >= 0.3 is 5.97 Å². The number of anilines is 1. The van der Waals surface area contributed by atoms with E-state index in [-0.39, 0.29) is 23.6 Å². The number of aromatic nitrogens is 2. The third-order valence-corrected chi connectivity index (χ3v) is 5.35. The van der Waals surface area contributed by atoms with Gasteiger partial charge in [-0.2, -0.15) is 4.98 Å². The number of thiophene rings is 1. The van der Waals surface area contributed by atoms with Crippen LogP contribution in [0.4, 0.5) is 5.69 Å². The highest BCUT2D eigenvalue weighted by atomic mass is 32.1. The average molecular weight is 417 g/mol. The van der Waals surface area contributed by atoms with E-state index in [0.717, 1.165) is 0 Å². The average Bonchev–Trinajstić information content (AvgIpc) is 3.05. The van der Waals surface area contributed by atoms with E-state index >= 15 is 0 Å². The number of esters is 1. The van der Waals surface area contributed by atoms with E-state index in [2.05, 4.69) is 20.0 Å². The van der Waals surface area contributed by atoms with Crippen molar-refractivity contribution in [1.29, 1.82) is 0 Å². The molecular formula is C19H19N3O6S. The van der Waals surface area contributed by atoms with Gasteiger partial charge in [-0.05, 0) is 24.6 Å². The fourth-order valence-electron chi connectivity index (χ4n) is 2.80. The second kappa shape index (κ2) is 8.41. The van der Waals surface area contributed by atoms with Crippen LogP contribution in [-0.4, -0.2) is 48.3 Å². The molecule has 0 saturated carbocycles. The van der Waals surface area contributed by atoms with Gasteiger partial charge in [-0.25, -0.2) is 9.78 Å². The number of fused-ring (bicyclic) bond motifs is 1. The minimum atomic E-state index is -0.706. The van der Waals surface area contributed by atoms with Gasteiger partial charge in [0.25, 0.3) is 5.91 Å². The summed E-state index contributed by atoms with van der Waals surface area (Å²) in [6, 6.07) is 4.42. The zero-order valence-electron chi connectivity index (χ0n) is 16.2. The molecule has 2 N–H and O–H groups in total. The number of rotatable bonds is 6. The summed E-state index contributed by atoms with van der Waals surface area (Å²) in [5, 5.41) is 13.6. The maximum atomic E-state index is 12.9. The van der Waals surface area contributed by atoms with Gasteiger partial charge in [0, 0.05) is 7.11 Å². The molecule has 0 aliphatic carbocycles. The molecule has 0 bridgehead atoms. The number of aromatic hydroxyl groups is 1. The van der Waals surface area contributed by atoms with Crippen molar-refractivity contribution in [3.05, 3.63) is 40.0 Å². The van der Waals surface area contributed by atoms with E-state index in [1.54, 1.807) is 6.92 Å². The monoisotopic (exact) mass is 417 g/mol. The molecule has 0 aliphatic heterocycles. The Hall–Kier alpha value is -3.24. The van der Waals surface area contributed by atoms with Crippen molar-refractivity contribution in [1.82, 2.24) is 9.97 Å². The highest BCUT2D eigenvalue weighted by molar-refractivity contribution is 7.20. The van der Waals surface area contributed by atoms with Crippen LogP contribution in [0, 0.1) is 6.92 Å². The number of para-hydroxylation sites is 1. The molecule has 152 valence electrons. The summed E-state index contributed by atoms with van der Waals surface area (Å²) in [4.78, 5) is 34.3. The van der Waals surface area contributed by atoms with Crippen molar-refractivity contribution in [3.63, 3.8) is 0 Å². The highest BCUT2D eigenvalue weighted by Gasteiger charge is 2.23. The molecule has 29 heavy (non-hydrogen) atoms. The first kappa shape index (κ1) is 20.5. The molecule has 0 atom stereocenters. The Morgan fingerprint density at radius 2 is 1.97 bits per heavy atom. The molecule has 0 fully saturated rings. The van der Waals surface area contributed by atoms with E-state index < -0.39 is 11.9 Å². The molecule has 0 aliphatic rings. The molecular weight excluding hydrogens is 398 g/mol. The van der Waals surface area contributed by atoms with Crippen LogP contribution in [0.3, 0.4) is 0 Å². The van der Waals surface area contributed by atoms with Crippen LogP contribution in [0.25, 0.3) is 10.2 Å². The van der Waals surface area contributed by atoms with Gasteiger partial charge in [-0.1, -0.05) is 6.07 Å². The topological polar surface area (TPSA) is 120 Å². The highest BCUT2D eigenvalue weighted by Crippen LogP contribution is 2.36. The maximum Gasteiger partial charge on any atom is 0.341 e. The Bertz CT molecular complexity index is 1100. The lowest BCUT2D eigenvalue weighted by Crippen LogP contribution is -2.12. The van der Waals surface area contributed by atoms with Gasteiger partial charge in [0.05, 0.1) is 30.2 Å². The van der Waals surface area contributed by atoms with Crippen LogP contribution in [0.2, 0.25) is 0 Å². The van der Waals surface area contributed by atoms with E-state index in [1.807, 2.05) is 0 Å². The van der Waals surface area contributed by atoms with Crippen molar-refractivity contribution in [2.45, 2.75) is 13.5 Å². The van der Waals surface area contributed by atoms with Gasteiger partial charge in [-0.15, -0.1) is 11.3 Å². The lowest BCUT2D eigenvalue weighted by molar-refractivity contribution is 0.0597. The first-order valence-electron chi connectivity index (χ1n) is 8.45. The maximum absolute atomic E-state index is 12.9. The van der Waals surface area contributed by atoms with Crippen molar-refractivity contribution in [3.8, 4) is 11.6 Å². The largest absolute Gasteiger partial charge is 0.505 e. The van der Waals surface area contributed by atoms with Crippen LogP contribution < -0.4 is 10.1 Å². The number of aryl methyl sites for hydroxylation is 1. The Kier molecular flexibility index (Phi) is 5.95. The van der Waals surface area contributed by atoms with Crippen molar-refractivity contribution >= 4 is 39.1 Å². The van der Waals surface area contributed by atoms with Crippen LogP contribution >= 0.6 is 11.3 Å². The van der Waals surface area contributed by atoms with Crippen molar-refractivity contribution in [2.75, 3.05) is 26.6 Å². The predicted molar refractivity (Wildman–Crippen MR) is 107 cm³/mol. The first-order chi connectivity index (χ1) is 13.9. The minimum absolute atomic E-state index is 0.0462. The number of ether oxygens (including phenoxy) is 3. The van der Waals surface area contributed by atoms with E-state index in [9.17, 15) is 14.7 Å². The Balaban J connectivity index is 2.00. The second-order valence-corrected chi connectivity index (χ2v) is 6.96. The summed E-state index contributed by atoms with van der Waals surface area (Å²) >= 11 is 1.17. The molecule has 3 rings (SSSR count). The molecule has 0 unspecified atom stereocenters. The van der Waals surface area contributed by atoms with Gasteiger partial charge < -0.3 is 24.6 Å². The molecule has 1 amide bonds. The number of benzene rings is 1. The number of nitrogens with one attached hydrogen (secondary N) is 1. The van der Waals surface area contributed by atoms with Gasteiger partial charge in [0.1, 0.15) is 17.0 Å². The van der Waals surface area contributed by atoms with E-state index in [0.29, 0.717) is 32.4 Å². The summed E-state index contributed by atoms with van der Waals surface area (Å²) in [7, 11) is 4.24. The summed E-state index contributed by atoms with van der Waals surface area (Å²) in [6.45, 7) is 1.97. The zero-order chi connectivity index (χ0) is 21.1. The molecule has 0 radical (unpaired) electrons. The normalized spacial score (nSPS) is 10.8. The quantitative estimate of drug-likeness (QED) is 0.464. The van der Waals surface area contributed by atoms with Gasteiger partial charge in [0.15, 0.2) is 11.6 Å². The number of hydrogen-bond donors (Lipinski definition) is 2. The van der Waals surface area contributed by atoms with Crippen molar-refractivity contribution in [2.24, 2.45) is 0 Å². The molecule has 1 aromatic carbocycles. The molecule has 2 heterocycles. The van der Waals surface area contributed by atoms with Crippen LogP contribution in [0.1, 0.15) is 31.4 Å². The molecule has 2 aromatic heterocycles. The number of methoxy groups -OCH3 is 3. The molecule has 9 nitrogen and oxygen atoms in total. The molecule has 0 saturated heterocycles. The number of phenolic OH excluding ortho intramolecular Hbond substituents is 1. The van der Waals surface area contributed by atoms with Gasteiger partial charge in [-0.3, -0.25) is 4.79 Å². The van der Waals surface area contributed by atoms with Crippen LogP contribution in [0.15, 0.2) is 18.2 Å². The Morgan fingerprint density at radius 1 is 1.21 bits per heavy atom. The summed E-state index contributed by atoms with van der Waals surface area (Å²) < 4.78 is 15.1. The van der Waals surface area contributed by atoms with Crippen LogP contribution in [0.5, 0.6) is 11.6 Å². The predicted octanol–water partition coefficient (Wildman–Crippen LogP) is 2.90. The zero-order valence-corrected chi connectivity index (χ0v) is 17.0. The number of hydrogen-bond acceptors (Lipinski definition) is 9. The molecule has 0 spiro atoms. The molecule has 10 heteroatoms. The van der Waals surface area contributed by atoms with E-state index in [1.165, 1.54) is 50.9 Å². The van der Waals surface area contributed by atoms with Gasteiger partial charge in [0.2, 0.25) is 5.88 Å². The fraction of sp³-hybridized carbons (Fsp3) is 0.263. The van der Waals surface area contributed by atoms with E-state index in [4.69, 9.17) is 9.47 Å². The number of carbonyl (C=O) groups excluding carboxylic acids is 2. The molecule has 3 aromatic rings. The lowest BCUT2D eigenvalue weighted by Gasteiger charge is -2.09. The smallest absolute Gasteiger partial charge is 0.341 e. The third-order valence-electron chi connectivity index (χ3n) is 4.17.